The third-order valence-electron chi connectivity index (χ3n) is 2.61. The number of nitrogens with two attached hydrogens (primary N) is 1. The summed E-state index contributed by atoms with van der Waals surface area (Å²) >= 11 is 7.19. The molecule has 0 spiro atoms. The summed E-state index contributed by atoms with van der Waals surface area (Å²) in [5, 5.41) is 1.06. The molecule has 96 valence electrons. The van der Waals surface area contributed by atoms with Gasteiger partial charge in [-0.15, -0.1) is 11.3 Å². The number of aromatic nitrogens is 1. The fourth-order valence-corrected chi connectivity index (χ4v) is 2.93. The van der Waals surface area contributed by atoms with E-state index in [1.807, 2.05) is 0 Å². The number of hydrogen-bond acceptors (Lipinski definition) is 3. The van der Waals surface area contributed by atoms with E-state index in [1.54, 1.807) is 12.1 Å². The van der Waals surface area contributed by atoms with Crippen LogP contribution in [-0.2, 0) is 13.0 Å². The highest BCUT2D eigenvalue weighted by atomic mass is 35.5. The number of aryl methyl sites for hydroxylation is 1. The Hall–Kier alpha value is -0.970. The van der Waals surface area contributed by atoms with Crippen LogP contribution in [0.25, 0.3) is 10.6 Å². The van der Waals surface area contributed by atoms with E-state index in [-0.39, 0.29) is 5.82 Å². The smallest absolute Gasteiger partial charge is 0.134 e. The van der Waals surface area contributed by atoms with E-state index in [0.717, 1.165) is 23.4 Å². The van der Waals surface area contributed by atoms with Crippen LogP contribution in [0.4, 0.5) is 4.39 Å². The molecule has 1 heterocycles. The van der Waals surface area contributed by atoms with Gasteiger partial charge in [-0.05, 0) is 24.6 Å². The average molecular weight is 285 g/mol. The quantitative estimate of drug-likeness (QED) is 0.921. The first-order valence-corrected chi connectivity index (χ1v) is 6.99. The Morgan fingerprint density at radius 2 is 2.22 bits per heavy atom. The Morgan fingerprint density at radius 1 is 1.44 bits per heavy atom. The van der Waals surface area contributed by atoms with E-state index in [1.165, 1.54) is 17.4 Å². The lowest BCUT2D eigenvalue weighted by Crippen LogP contribution is -1.97. The van der Waals surface area contributed by atoms with Gasteiger partial charge >= 0.3 is 0 Å². The topological polar surface area (TPSA) is 38.9 Å². The molecule has 2 aromatic rings. The van der Waals surface area contributed by atoms with E-state index in [2.05, 4.69) is 11.9 Å². The van der Waals surface area contributed by atoms with Gasteiger partial charge in [-0.3, -0.25) is 0 Å². The number of hydrogen-bond donors (Lipinski definition) is 1. The summed E-state index contributed by atoms with van der Waals surface area (Å²) in [6.07, 6.45) is 1.87. The van der Waals surface area contributed by atoms with Crippen LogP contribution in [-0.4, -0.2) is 4.98 Å². The summed E-state index contributed by atoms with van der Waals surface area (Å²) in [5.41, 5.74) is 7.16. The first-order chi connectivity index (χ1) is 8.65. The van der Waals surface area contributed by atoms with E-state index in [4.69, 9.17) is 17.3 Å². The van der Waals surface area contributed by atoms with Crippen LogP contribution in [0.2, 0.25) is 5.02 Å². The number of rotatable bonds is 4. The molecule has 0 radical (unpaired) electrons. The SMILES string of the molecule is CCCc1nc(-c2ccc(Cl)cc2F)sc1CN. The maximum atomic E-state index is 13.8. The van der Waals surface area contributed by atoms with Gasteiger partial charge in [0, 0.05) is 22.0 Å². The molecular formula is C13H14ClFN2S. The lowest BCUT2D eigenvalue weighted by molar-refractivity contribution is 0.631. The number of thiazole rings is 1. The molecule has 2 N–H and O–H groups in total. The van der Waals surface area contributed by atoms with Gasteiger partial charge < -0.3 is 5.73 Å². The third-order valence-corrected chi connectivity index (χ3v) is 4.00. The minimum absolute atomic E-state index is 0.345. The van der Waals surface area contributed by atoms with Crippen LogP contribution in [0.1, 0.15) is 23.9 Å². The summed E-state index contributed by atoms with van der Waals surface area (Å²) in [7, 11) is 0. The molecule has 0 bridgehead atoms. The molecule has 0 atom stereocenters. The van der Waals surface area contributed by atoms with Gasteiger partial charge in [0.1, 0.15) is 10.8 Å². The lowest BCUT2D eigenvalue weighted by atomic mass is 10.2. The molecule has 0 aliphatic heterocycles. The monoisotopic (exact) mass is 284 g/mol. The molecule has 1 aromatic heterocycles. The molecular weight excluding hydrogens is 271 g/mol. The van der Waals surface area contributed by atoms with Gasteiger partial charge in [0.05, 0.1) is 5.69 Å². The predicted octanol–water partition coefficient (Wildman–Crippen LogP) is 4.01. The van der Waals surface area contributed by atoms with Crippen molar-refractivity contribution in [1.29, 1.82) is 0 Å². The van der Waals surface area contributed by atoms with Crippen molar-refractivity contribution in [3.05, 3.63) is 39.6 Å². The zero-order valence-electron chi connectivity index (χ0n) is 10.0. The molecule has 1 aromatic carbocycles. The van der Waals surface area contributed by atoms with Gasteiger partial charge in [-0.25, -0.2) is 9.37 Å². The van der Waals surface area contributed by atoms with Crippen LogP contribution < -0.4 is 5.73 Å². The van der Waals surface area contributed by atoms with Crippen molar-refractivity contribution >= 4 is 22.9 Å². The van der Waals surface area contributed by atoms with Gasteiger partial charge in [0.25, 0.3) is 0 Å². The Morgan fingerprint density at radius 3 is 2.83 bits per heavy atom. The summed E-state index contributed by atoms with van der Waals surface area (Å²) in [4.78, 5) is 5.52. The van der Waals surface area contributed by atoms with Crippen LogP contribution >= 0.6 is 22.9 Å². The molecule has 0 saturated heterocycles. The number of nitrogens with zero attached hydrogens (tertiary/aromatic N) is 1. The maximum absolute atomic E-state index is 13.8. The molecule has 5 heteroatoms. The van der Waals surface area contributed by atoms with Crippen molar-refractivity contribution in [3.8, 4) is 10.6 Å². The lowest BCUT2D eigenvalue weighted by Gasteiger charge is -1.99. The largest absolute Gasteiger partial charge is 0.326 e. The summed E-state index contributed by atoms with van der Waals surface area (Å²) in [5.74, 6) is -0.345. The van der Waals surface area contributed by atoms with Crippen LogP contribution in [0, 0.1) is 5.82 Å². The van der Waals surface area contributed by atoms with Crippen molar-refractivity contribution < 1.29 is 4.39 Å². The highest BCUT2D eigenvalue weighted by Crippen LogP contribution is 2.31. The fourth-order valence-electron chi connectivity index (χ4n) is 1.75. The van der Waals surface area contributed by atoms with Gasteiger partial charge in [0.15, 0.2) is 0 Å². The minimum atomic E-state index is -0.345. The van der Waals surface area contributed by atoms with Crippen molar-refractivity contribution in [1.82, 2.24) is 4.98 Å². The maximum Gasteiger partial charge on any atom is 0.134 e. The summed E-state index contributed by atoms with van der Waals surface area (Å²) < 4.78 is 13.8. The number of benzene rings is 1. The Balaban J connectivity index is 2.44. The second kappa shape index (κ2) is 5.78. The molecule has 0 unspecified atom stereocenters. The van der Waals surface area contributed by atoms with E-state index >= 15 is 0 Å². The van der Waals surface area contributed by atoms with E-state index < -0.39 is 0 Å². The molecule has 0 amide bonds. The zero-order valence-corrected chi connectivity index (χ0v) is 11.6. The van der Waals surface area contributed by atoms with Crippen molar-refractivity contribution in [2.75, 3.05) is 0 Å². The normalized spacial score (nSPS) is 10.9. The van der Waals surface area contributed by atoms with Crippen molar-refractivity contribution in [2.45, 2.75) is 26.3 Å². The van der Waals surface area contributed by atoms with Crippen molar-refractivity contribution in [3.63, 3.8) is 0 Å². The van der Waals surface area contributed by atoms with Gasteiger partial charge in [-0.2, -0.15) is 0 Å². The molecule has 0 fully saturated rings. The van der Waals surface area contributed by atoms with Gasteiger partial charge in [0.2, 0.25) is 0 Å². The van der Waals surface area contributed by atoms with Crippen LogP contribution in [0.5, 0.6) is 0 Å². The molecule has 2 rings (SSSR count). The molecule has 0 aliphatic carbocycles. The average Bonchev–Trinajstić information content (AvgIpc) is 2.72. The highest BCUT2D eigenvalue weighted by molar-refractivity contribution is 7.15. The third kappa shape index (κ3) is 2.71. The Bertz CT molecular complexity index is 554. The second-order valence-corrected chi connectivity index (χ2v) is 5.49. The standard InChI is InChI=1S/C13H14ClFN2S/c1-2-3-11-12(7-16)18-13(17-11)9-5-4-8(14)6-10(9)15/h4-6H,2-3,7,16H2,1H3. The summed E-state index contributed by atoms with van der Waals surface area (Å²) in [6, 6.07) is 4.63. The Kier molecular flexibility index (Phi) is 4.32. The first kappa shape index (κ1) is 13.5. The minimum Gasteiger partial charge on any atom is -0.326 e. The molecule has 18 heavy (non-hydrogen) atoms. The van der Waals surface area contributed by atoms with Crippen LogP contribution in [0.3, 0.4) is 0 Å². The molecule has 0 saturated carbocycles. The number of halogens is 2. The van der Waals surface area contributed by atoms with E-state index in [0.29, 0.717) is 22.1 Å². The zero-order chi connectivity index (χ0) is 13.1. The fraction of sp³-hybridized carbons (Fsp3) is 0.308. The first-order valence-electron chi connectivity index (χ1n) is 5.79. The van der Waals surface area contributed by atoms with Gasteiger partial charge in [-0.1, -0.05) is 24.9 Å². The van der Waals surface area contributed by atoms with Crippen molar-refractivity contribution in [2.24, 2.45) is 5.73 Å². The molecule has 0 aliphatic rings. The Labute approximate surface area is 115 Å². The summed E-state index contributed by atoms with van der Waals surface area (Å²) in [6.45, 7) is 2.53. The second-order valence-electron chi connectivity index (χ2n) is 3.97. The van der Waals surface area contributed by atoms with E-state index in [9.17, 15) is 4.39 Å². The highest BCUT2D eigenvalue weighted by Gasteiger charge is 2.14. The van der Waals surface area contributed by atoms with Crippen LogP contribution in [0.15, 0.2) is 18.2 Å². The molecule has 2 nitrogen and oxygen atoms in total. The predicted molar refractivity (Wildman–Crippen MR) is 74.4 cm³/mol.